The van der Waals surface area contributed by atoms with Crippen molar-refractivity contribution in [2.24, 2.45) is 0 Å². The molecule has 0 unspecified atom stereocenters. The Morgan fingerprint density at radius 2 is 1.90 bits per heavy atom. The highest BCUT2D eigenvalue weighted by Gasteiger charge is 2.30. The standard InChI is InChI=1S/C15H15NO4S/c17-15(20-14-7-8-21(18,19)10-14)16-13-6-5-11-3-1-2-4-12(11)9-13/h1-6,9,14H,7-8,10H2,(H,16,17)/t14-/m0/s1. The van der Waals surface area contributed by atoms with Crippen LogP contribution in [0.5, 0.6) is 0 Å². The lowest BCUT2D eigenvalue weighted by molar-refractivity contribution is 0.124. The smallest absolute Gasteiger partial charge is 0.411 e. The van der Waals surface area contributed by atoms with Crippen LogP contribution in [0, 0.1) is 0 Å². The largest absolute Gasteiger partial charge is 0.445 e. The summed E-state index contributed by atoms with van der Waals surface area (Å²) >= 11 is 0. The van der Waals surface area contributed by atoms with Crippen LogP contribution in [0.1, 0.15) is 6.42 Å². The van der Waals surface area contributed by atoms with Crippen molar-refractivity contribution in [1.82, 2.24) is 0 Å². The van der Waals surface area contributed by atoms with E-state index in [9.17, 15) is 13.2 Å². The molecule has 2 aromatic rings. The monoisotopic (exact) mass is 305 g/mol. The molecule has 6 heteroatoms. The van der Waals surface area contributed by atoms with E-state index < -0.39 is 22.0 Å². The van der Waals surface area contributed by atoms with Crippen LogP contribution in [0.2, 0.25) is 0 Å². The van der Waals surface area contributed by atoms with E-state index in [0.29, 0.717) is 12.1 Å². The molecule has 1 fully saturated rings. The molecule has 0 bridgehead atoms. The van der Waals surface area contributed by atoms with E-state index in [1.54, 1.807) is 6.07 Å². The molecule has 1 aliphatic heterocycles. The summed E-state index contributed by atoms with van der Waals surface area (Å²) in [5.74, 6) is -0.000931. The van der Waals surface area contributed by atoms with Crippen molar-refractivity contribution in [1.29, 1.82) is 0 Å². The van der Waals surface area contributed by atoms with E-state index in [-0.39, 0.29) is 11.5 Å². The van der Waals surface area contributed by atoms with Crippen LogP contribution in [0.4, 0.5) is 10.5 Å². The average molecular weight is 305 g/mol. The van der Waals surface area contributed by atoms with Gasteiger partial charge in [0.1, 0.15) is 6.10 Å². The minimum Gasteiger partial charge on any atom is -0.445 e. The number of anilines is 1. The van der Waals surface area contributed by atoms with Gasteiger partial charge in [-0.15, -0.1) is 0 Å². The molecule has 1 N–H and O–H groups in total. The zero-order chi connectivity index (χ0) is 14.9. The maximum absolute atomic E-state index is 11.8. The Morgan fingerprint density at radius 1 is 1.14 bits per heavy atom. The third-order valence-electron chi connectivity index (χ3n) is 3.46. The van der Waals surface area contributed by atoms with Crippen LogP contribution in [-0.2, 0) is 14.6 Å². The SMILES string of the molecule is O=C(Nc1ccc2ccccc2c1)O[C@H]1CCS(=O)(=O)C1. The summed E-state index contributed by atoms with van der Waals surface area (Å²) in [6.07, 6.45) is -0.796. The molecule has 1 amide bonds. The fraction of sp³-hybridized carbons (Fsp3) is 0.267. The lowest BCUT2D eigenvalue weighted by Gasteiger charge is -2.11. The number of amides is 1. The van der Waals surface area contributed by atoms with Crippen LogP contribution in [0.3, 0.4) is 0 Å². The molecule has 0 radical (unpaired) electrons. The molecule has 1 atom stereocenters. The highest BCUT2D eigenvalue weighted by Crippen LogP contribution is 2.20. The van der Waals surface area contributed by atoms with Crippen LogP contribution in [-0.4, -0.2) is 32.1 Å². The van der Waals surface area contributed by atoms with Crippen molar-refractivity contribution < 1.29 is 17.9 Å². The third-order valence-corrected chi connectivity index (χ3v) is 5.20. The number of hydrogen-bond acceptors (Lipinski definition) is 4. The Labute approximate surface area is 122 Å². The quantitative estimate of drug-likeness (QED) is 0.925. The number of ether oxygens (including phenoxy) is 1. The van der Waals surface area contributed by atoms with Gasteiger partial charge in [0.05, 0.1) is 11.5 Å². The molecule has 1 heterocycles. The summed E-state index contributed by atoms with van der Waals surface area (Å²) in [6, 6.07) is 13.4. The number of hydrogen-bond donors (Lipinski definition) is 1. The van der Waals surface area contributed by atoms with E-state index in [1.807, 2.05) is 36.4 Å². The first kappa shape index (κ1) is 13.9. The molecular formula is C15H15NO4S. The second kappa shape index (κ2) is 5.37. The Hall–Kier alpha value is -2.08. The average Bonchev–Trinajstić information content (AvgIpc) is 2.77. The van der Waals surface area contributed by atoms with Gasteiger partial charge in [-0.25, -0.2) is 13.2 Å². The fourth-order valence-electron chi connectivity index (χ4n) is 2.42. The maximum Gasteiger partial charge on any atom is 0.411 e. The van der Waals surface area contributed by atoms with E-state index >= 15 is 0 Å². The van der Waals surface area contributed by atoms with E-state index in [4.69, 9.17) is 4.74 Å². The topological polar surface area (TPSA) is 72.5 Å². The summed E-state index contributed by atoms with van der Waals surface area (Å²) in [4.78, 5) is 11.8. The van der Waals surface area contributed by atoms with Gasteiger partial charge >= 0.3 is 6.09 Å². The Bertz CT molecular complexity index is 785. The highest BCUT2D eigenvalue weighted by atomic mass is 32.2. The molecule has 110 valence electrons. The first-order valence-electron chi connectivity index (χ1n) is 6.69. The second-order valence-electron chi connectivity index (χ2n) is 5.12. The molecule has 21 heavy (non-hydrogen) atoms. The van der Waals surface area contributed by atoms with Crippen molar-refractivity contribution in [2.45, 2.75) is 12.5 Å². The minimum atomic E-state index is -3.05. The Kier molecular flexibility index (Phi) is 3.55. The van der Waals surface area contributed by atoms with Crippen molar-refractivity contribution in [2.75, 3.05) is 16.8 Å². The van der Waals surface area contributed by atoms with Crippen molar-refractivity contribution >= 4 is 32.4 Å². The molecule has 0 spiro atoms. The maximum atomic E-state index is 11.8. The molecule has 1 aliphatic rings. The summed E-state index contributed by atoms with van der Waals surface area (Å²) in [5.41, 5.74) is 0.625. The van der Waals surface area contributed by atoms with E-state index in [0.717, 1.165) is 10.8 Å². The fourth-order valence-corrected chi connectivity index (χ4v) is 4.01. The normalized spacial score (nSPS) is 20.3. The highest BCUT2D eigenvalue weighted by molar-refractivity contribution is 7.91. The predicted octanol–water partition coefficient (Wildman–Crippen LogP) is 2.58. The summed E-state index contributed by atoms with van der Waals surface area (Å²) in [7, 11) is -3.05. The second-order valence-corrected chi connectivity index (χ2v) is 7.35. The van der Waals surface area contributed by atoms with Gasteiger partial charge in [0, 0.05) is 5.69 Å². The van der Waals surface area contributed by atoms with Crippen LogP contribution < -0.4 is 5.32 Å². The van der Waals surface area contributed by atoms with Gasteiger partial charge < -0.3 is 4.74 Å². The third kappa shape index (κ3) is 3.33. The summed E-state index contributed by atoms with van der Waals surface area (Å²) in [6.45, 7) is 0. The lowest BCUT2D eigenvalue weighted by atomic mass is 10.1. The Balaban J connectivity index is 1.66. The molecule has 0 aliphatic carbocycles. The summed E-state index contributed by atoms with van der Waals surface area (Å²) in [5, 5.41) is 4.73. The van der Waals surface area contributed by atoms with Crippen molar-refractivity contribution in [3.05, 3.63) is 42.5 Å². The molecule has 3 rings (SSSR count). The molecular weight excluding hydrogens is 290 g/mol. The van der Waals surface area contributed by atoms with Gasteiger partial charge in [-0.1, -0.05) is 30.3 Å². The van der Waals surface area contributed by atoms with Crippen LogP contribution in [0.25, 0.3) is 10.8 Å². The number of carbonyl (C=O) groups is 1. The van der Waals surface area contributed by atoms with Crippen molar-refractivity contribution in [3.63, 3.8) is 0 Å². The van der Waals surface area contributed by atoms with E-state index in [2.05, 4.69) is 5.32 Å². The molecule has 2 aromatic carbocycles. The number of nitrogens with one attached hydrogen (secondary N) is 1. The molecule has 0 saturated carbocycles. The lowest BCUT2D eigenvalue weighted by Crippen LogP contribution is -2.23. The molecule has 1 saturated heterocycles. The van der Waals surface area contributed by atoms with Gasteiger partial charge in [-0.05, 0) is 29.3 Å². The van der Waals surface area contributed by atoms with Gasteiger partial charge in [0.2, 0.25) is 0 Å². The predicted molar refractivity (Wildman–Crippen MR) is 81.1 cm³/mol. The zero-order valence-corrected chi connectivity index (χ0v) is 12.1. The van der Waals surface area contributed by atoms with Crippen LogP contribution in [0.15, 0.2) is 42.5 Å². The van der Waals surface area contributed by atoms with E-state index in [1.165, 1.54) is 0 Å². The summed E-state index contributed by atoms with van der Waals surface area (Å²) < 4.78 is 27.8. The van der Waals surface area contributed by atoms with Gasteiger partial charge in [-0.2, -0.15) is 0 Å². The number of fused-ring (bicyclic) bond motifs is 1. The first-order valence-corrected chi connectivity index (χ1v) is 8.51. The number of rotatable bonds is 2. The molecule has 5 nitrogen and oxygen atoms in total. The number of benzene rings is 2. The minimum absolute atomic E-state index is 0.0842. The number of carbonyl (C=O) groups excluding carboxylic acids is 1. The van der Waals surface area contributed by atoms with Gasteiger partial charge in [0.25, 0.3) is 0 Å². The van der Waals surface area contributed by atoms with Crippen molar-refractivity contribution in [3.8, 4) is 0 Å². The number of sulfone groups is 1. The van der Waals surface area contributed by atoms with Gasteiger partial charge in [-0.3, -0.25) is 5.32 Å². The zero-order valence-electron chi connectivity index (χ0n) is 11.3. The Morgan fingerprint density at radius 3 is 2.62 bits per heavy atom. The first-order chi connectivity index (χ1) is 10.0. The van der Waals surface area contributed by atoms with Gasteiger partial charge in [0.15, 0.2) is 9.84 Å². The van der Waals surface area contributed by atoms with Crippen LogP contribution >= 0.6 is 0 Å². The molecule has 0 aromatic heterocycles.